The second-order valence-corrected chi connectivity index (χ2v) is 5.66. The summed E-state index contributed by atoms with van der Waals surface area (Å²) in [5.74, 6) is 2.43. The van der Waals surface area contributed by atoms with Crippen molar-refractivity contribution in [3.63, 3.8) is 0 Å². The van der Waals surface area contributed by atoms with Gasteiger partial charge in [-0.15, -0.1) is 0 Å². The lowest BCUT2D eigenvalue weighted by Crippen LogP contribution is -2.38. The number of rotatable bonds is 3. The van der Waals surface area contributed by atoms with Gasteiger partial charge in [-0.05, 0) is 49.6 Å². The molecule has 5 nitrogen and oxygen atoms in total. The largest absolute Gasteiger partial charge is 0.496 e. The van der Waals surface area contributed by atoms with E-state index in [1.54, 1.807) is 13.3 Å². The highest BCUT2D eigenvalue weighted by atomic mass is 16.5. The lowest BCUT2D eigenvalue weighted by atomic mass is 10.1. The SMILES string of the molecule is COc1ccc(-c2nccc(N3CCC[C@@H](O)C3)n2)cc1C. The van der Waals surface area contributed by atoms with Crippen LogP contribution in [0.5, 0.6) is 5.75 Å². The van der Waals surface area contributed by atoms with E-state index in [-0.39, 0.29) is 6.10 Å². The molecule has 1 atom stereocenters. The first-order chi connectivity index (χ1) is 10.7. The Hall–Kier alpha value is -2.14. The summed E-state index contributed by atoms with van der Waals surface area (Å²) in [6, 6.07) is 7.84. The molecule has 0 radical (unpaired) electrons. The maximum absolute atomic E-state index is 9.82. The Morgan fingerprint density at radius 2 is 2.18 bits per heavy atom. The van der Waals surface area contributed by atoms with Crippen LogP contribution < -0.4 is 9.64 Å². The average molecular weight is 299 g/mol. The maximum atomic E-state index is 9.82. The lowest BCUT2D eigenvalue weighted by Gasteiger charge is -2.31. The molecule has 116 valence electrons. The third kappa shape index (κ3) is 3.04. The molecule has 3 rings (SSSR count). The number of hydrogen-bond donors (Lipinski definition) is 1. The molecule has 0 spiro atoms. The summed E-state index contributed by atoms with van der Waals surface area (Å²) in [6.45, 7) is 3.57. The van der Waals surface area contributed by atoms with Crippen LogP contribution in [0.3, 0.4) is 0 Å². The zero-order valence-electron chi connectivity index (χ0n) is 13.0. The summed E-state index contributed by atoms with van der Waals surface area (Å²) < 4.78 is 5.29. The Balaban J connectivity index is 1.89. The van der Waals surface area contributed by atoms with Crippen molar-refractivity contribution in [2.75, 3.05) is 25.1 Å². The van der Waals surface area contributed by atoms with Crippen LogP contribution in [0.2, 0.25) is 0 Å². The second-order valence-electron chi connectivity index (χ2n) is 5.66. The van der Waals surface area contributed by atoms with Crippen molar-refractivity contribution >= 4 is 5.82 Å². The van der Waals surface area contributed by atoms with E-state index in [1.807, 2.05) is 31.2 Å². The van der Waals surface area contributed by atoms with Gasteiger partial charge >= 0.3 is 0 Å². The van der Waals surface area contributed by atoms with Gasteiger partial charge in [0.05, 0.1) is 13.2 Å². The predicted octanol–water partition coefficient (Wildman–Crippen LogP) is 2.42. The molecule has 5 heteroatoms. The fourth-order valence-electron chi connectivity index (χ4n) is 2.84. The molecule has 2 heterocycles. The van der Waals surface area contributed by atoms with Crippen molar-refractivity contribution in [3.8, 4) is 17.1 Å². The highest BCUT2D eigenvalue weighted by Gasteiger charge is 2.19. The van der Waals surface area contributed by atoms with Crippen molar-refractivity contribution in [2.45, 2.75) is 25.9 Å². The van der Waals surface area contributed by atoms with E-state index >= 15 is 0 Å². The summed E-state index contributed by atoms with van der Waals surface area (Å²) >= 11 is 0. The van der Waals surface area contributed by atoms with E-state index < -0.39 is 0 Å². The molecule has 1 saturated heterocycles. The number of β-amino-alcohol motifs (C(OH)–C–C–N with tert-alkyl or cyclic N) is 1. The number of benzene rings is 1. The summed E-state index contributed by atoms with van der Waals surface area (Å²) in [5.41, 5.74) is 2.03. The Labute approximate surface area is 130 Å². The number of anilines is 1. The van der Waals surface area contributed by atoms with Crippen LogP contribution >= 0.6 is 0 Å². The minimum Gasteiger partial charge on any atom is -0.496 e. The number of aryl methyl sites for hydroxylation is 1. The molecule has 0 saturated carbocycles. The van der Waals surface area contributed by atoms with Gasteiger partial charge in [-0.1, -0.05) is 0 Å². The van der Waals surface area contributed by atoms with Crippen LogP contribution in [0.25, 0.3) is 11.4 Å². The molecular formula is C17H21N3O2. The van der Waals surface area contributed by atoms with E-state index in [2.05, 4.69) is 14.9 Å². The van der Waals surface area contributed by atoms with Gasteiger partial charge in [-0.2, -0.15) is 0 Å². The monoisotopic (exact) mass is 299 g/mol. The molecule has 0 bridgehead atoms. The molecule has 1 aliphatic rings. The lowest BCUT2D eigenvalue weighted by molar-refractivity contribution is 0.154. The highest BCUT2D eigenvalue weighted by Crippen LogP contribution is 2.25. The summed E-state index contributed by atoms with van der Waals surface area (Å²) in [7, 11) is 1.67. The minimum atomic E-state index is -0.268. The van der Waals surface area contributed by atoms with E-state index in [1.165, 1.54) is 0 Å². The number of nitrogens with zero attached hydrogens (tertiary/aromatic N) is 3. The van der Waals surface area contributed by atoms with Gasteiger partial charge in [0.15, 0.2) is 5.82 Å². The molecule has 0 amide bonds. The molecule has 1 fully saturated rings. The van der Waals surface area contributed by atoms with Crippen molar-refractivity contribution in [3.05, 3.63) is 36.0 Å². The average Bonchev–Trinajstić information content (AvgIpc) is 2.55. The Morgan fingerprint density at radius 3 is 2.91 bits per heavy atom. The number of piperidine rings is 1. The first kappa shape index (κ1) is 14.8. The van der Waals surface area contributed by atoms with Crippen LogP contribution in [-0.4, -0.2) is 41.4 Å². The number of ether oxygens (including phenoxy) is 1. The van der Waals surface area contributed by atoms with Crippen LogP contribution in [0, 0.1) is 6.92 Å². The third-order valence-corrected chi connectivity index (χ3v) is 4.01. The Morgan fingerprint density at radius 1 is 1.32 bits per heavy atom. The van der Waals surface area contributed by atoms with Gasteiger partial charge in [0.2, 0.25) is 0 Å². The van der Waals surface area contributed by atoms with Gasteiger partial charge < -0.3 is 14.7 Å². The smallest absolute Gasteiger partial charge is 0.161 e. The van der Waals surface area contributed by atoms with E-state index in [9.17, 15) is 5.11 Å². The van der Waals surface area contributed by atoms with Crippen molar-refractivity contribution in [1.82, 2.24) is 9.97 Å². The van der Waals surface area contributed by atoms with Crippen molar-refractivity contribution in [2.24, 2.45) is 0 Å². The molecular weight excluding hydrogens is 278 g/mol. The molecule has 1 aliphatic heterocycles. The first-order valence-corrected chi connectivity index (χ1v) is 7.58. The van der Waals surface area contributed by atoms with Crippen LogP contribution in [0.1, 0.15) is 18.4 Å². The number of aliphatic hydroxyl groups excluding tert-OH is 1. The van der Waals surface area contributed by atoms with Crippen LogP contribution in [-0.2, 0) is 0 Å². The topological polar surface area (TPSA) is 58.5 Å². The molecule has 2 aromatic rings. The fourth-order valence-corrected chi connectivity index (χ4v) is 2.84. The van der Waals surface area contributed by atoms with Crippen molar-refractivity contribution < 1.29 is 9.84 Å². The summed E-state index contributed by atoms with van der Waals surface area (Å²) in [6.07, 6.45) is 3.36. The summed E-state index contributed by atoms with van der Waals surface area (Å²) in [4.78, 5) is 11.2. The highest BCUT2D eigenvalue weighted by molar-refractivity contribution is 5.60. The number of aromatic nitrogens is 2. The maximum Gasteiger partial charge on any atom is 0.161 e. The predicted molar refractivity (Wildman–Crippen MR) is 86.2 cm³/mol. The van der Waals surface area contributed by atoms with E-state index in [0.717, 1.165) is 42.1 Å². The van der Waals surface area contributed by atoms with Gasteiger partial charge in [0.25, 0.3) is 0 Å². The number of aliphatic hydroxyl groups is 1. The molecule has 1 aromatic carbocycles. The standard InChI is InChI=1S/C17H21N3O2/c1-12-10-13(5-6-15(12)22-2)17-18-8-7-16(19-17)20-9-3-4-14(21)11-20/h5-8,10,14,21H,3-4,9,11H2,1-2H3/t14-/m1/s1. The number of hydrogen-bond acceptors (Lipinski definition) is 5. The normalized spacial score (nSPS) is 18.3. The van der Waals surface area contributed by atoms with Crippen molar-refractivity contribution in [1.29, 1.82) is 0 Å². The molecule has 1 N–H and O–H groups in total. The quantitative estimate of drug-likeness (QED) is 0.943. The molecule has 22 heavy (non-hydrogen) atoms. The summed E-state index contributed by atoms with van der Waals surface area (Å²) in [5, 5.41) is 9.82. The first-order valence-electron chi connectivity index (χ1n) is 7.58. The van der Waals surface area contributed by atoms with Crippen LogP contribution in [0.4, 0.5) is 5.82 Å². The van der Waals surface area contributed by atoms with Gasteiger partial charge in [0, 0.05) is 24.8 Å². The fraction of sp³-hybridized carbons (Fsp3) is 0.412. The Kier molecular flexibility index (Phi) is 4.24. The third-order valence-electron chi connectivity index (χ3n) is 4.01. The second kappa shape index (κ2) is 6.32. The minimum absolute atomic E-state index is 0.268. The number of methoxy groups -OCH3 is 1. The van der Waals surface area contributed by atoms with Crippen LogP contribution in [0.15, 0.2) is 30.5 Å². The molecule has 0 aliphatic carbocycles. The zero-order valence-corrected chi connectivity index (χ0v) is 13.0. The molecule has 1 aromatic heterocycles. The molecule has 0 unspecified atom stereocenters. The van der Waals surface area contributed by atoms with Gasteiger partial charge in [0.1, 0.15) is 11.6 Å². The van der Waals surface area contributed by atoms with Gasteiger partial charge in [-0.3, -0.25) is 0 Å². The van der Waals surface area contributed by atoms with Gasteiger partial charge in [-0.25, -0.2) is 9.97 Å². The van der Waals surface area contributed by atoms with E-state index in [4.69, 9.17) is 4.74 Å². The Bertz CT molecular complexity index is 660. The van der Waals surface area contributed by atoms with E-state index in [0.29, 0.717) is 12.4 Å². The zero-order chi connectivity index (χ0) is 15.5.